The topological polar surface area (TPSA) is 85.2 Å². The molecule has 1 fully saturated rings. The zero-order valence-electron chi connectivity index (χ0n) is 17.6. The van der Waals surface area contributed by atoms with Gasteiger partial charge in [0.2, 0.25) is 0 Å². The number of hydrogen-bond acceptors (Lipinski definition) is 7. The fraction of sp³-hybridized carbons (Fsp3) is 0.318. The van der Waals surface area contributed by atoms with E-state index in [2.05, 4.69) is 10.3 Å². The van der Waals surface area contributed by atoms with Crippen molar-refractivity contribution < 1.29 is 23.0 Å². The van der Waals surface area contributed by atoms with Crippen LogP contribution in [0, 0.1) is 11.6 Å². The molecule has 1 saturated heterocycles. The van der Waals surface area contributed by atoms with Gasteiger partial charge in [0, 0.05) is 42.7 Å². The molecule has 8 nitrogen and oxygen atoms in total. The molecule has 0 spiro atoms. The summed E-state index contributed by atoms with van der Waals surface area (Å²) in [5.74, 6) is -1.58. The smallest absolute Gasteiger partial charge is 0.339 e. The summed E-state index contributed by atoms with van der Waals surface area (Å²) < 4.78 is 38.7. The third kappa shape index (κ3) is 4.40. The fourth-order valence-electron chi connectivity index (χ4n) is 3.68. The summed E-state index contributed by atoms with van der Waals surface area (Å²) in [5, 5.41) is 3.01. The van der Waals surface area contributed by atoms with E-state index in [0.29, 0.717) is 43.3 Å². The maximum atomic E-state index is 13.6. The Morgan fingerprint density at radius 3 is 2.50 bits per heavy atom. The number of hydrogen-bond donors (Lipinski definition) is 1. The minimum atomic E-state index is -0.725. The molecule has 4 rings (SSSR count). The molecule has 1 atom stereocenters. The summed E-state index contributed by atoms with van der Waals surface area (Å²) in [6.07, 6.45) is 1.37. The van der Waals surface area contributed by atoms with E-state index in [0.717, 1.165) is 18.2 Å². The van der Waals surface area contributed by atoms with Gasteiger partial charge >= 0.3 is 5.97 Å². The van der Waals surface area contributed by atoms with E-state index in [1.165, 1.54) is 23.8 Å². The monoisotopic (exact) mass is 444 g/mol. The first kappa shape index (κ1) is 21.7. The average molecular weight is 444 g/mol. The Labute approximate surface area is 182 Å². The molecule has 0 saturated carbocycles. The van der Waals surface area contributed by atoms with Crippen LogP contribution >= 0.6 is 0 Å². The second-order valence-electron chi connectivity index (χ2n) is 7.45. The van der Waals surface area contributed by atoms with Crippen molar-refractivity contribution in [3.8, 4) is 0 Å². The van der Waals surface area contributed by atoms with Gasteiger partial charge < -0.3 is 19.7 Å². The number of benzene rings is 1. The van der Waals surface area contributed by atoms with Gasteiger partial charge in [-0.15, -0.1) is 0 Å². The second-order valence-corrected chi connectivity index (χ2v) is 7.45. The van der Waals surface area contributed by atoms with Gasteiger partial charge in [0.05, 0.1) is 31.9 Å². The van der Waals surface area contributed by atoms with Crippen molar-refractivity contribution in [2.75, 3.05) is 43.6 Å². The number of ether oxygens (including phenoxy) is 2. The number of rotatable bonds is 5. The van der Waals surface area contributed by atoms with Crippen LogP contribution in [-0.4, -0.2) is 48.8 Å². The number of pyridine rings is 1. The Balaban J connectivity index is 1.84. The van der Waals surface area contributed by atoms with Crippen LogP contribution in [0.15, 0.2) is 41.3 Å². The zero-order valence-corrected chi connectivity index (χ0v) is 17.6. The minimum absolute atomic E-state index is 0.150. The molecule has 3 heterocycles. The molecule has 0 aliphatic carbocycles. The lowest BCUT2D eigenvalue weighted by Gasteiger charge is -2.28. The first-order valence-electron chi connectivity index (χ1n) is 10.1. The van der Waals surface area contributed by atoms with Crippen LogP contribution in [0.3, 0.4) is 0 Å². The highest BCUT2D eigenvalue weighted by Crippen LogP contribution is 2.26. The lowest BCUT2D eigenvalue weighted by Crippen LogP contribution is -2.37. The zero-order chi connectivity index (χ0) is 22.8. The van der Waals surface area contributed by atoms with E-state index in [1.54, 1.807) is 13.0 Å². The van der Waals surface area contributed by atoms with Crippen LogP contribution in [0.4, 0.5) is 20.3 Å². The number of aromatic nitrogens is 2. The van der Waals surface area contributed by atoms with Gasteiger partial charge in [-0.25, -0.2) is 18.6 Å². The summed E-state index contributed by atoms with van der Waals surface area (Å²) in [6, 6.07) is 5.50. The van der Waals surface area contributed by atoms with Gasteiger partial charge in [-0.2, -0.15) is 0 Å². The Morgan fingerprint density at radius 2 is 1.84 bits per heavy atom. The Bertz CT molecular complexity index is 1200. The van der Waals surface area contributed by atoms with E-state index in [9.17, 15) is 18.4 Å². The maximum Gasteiger partial charge on any atom is 0.339 e. The van der Waals surface area contributed by atoms with Gasteiger partial charge in [-0.3, -0.25) is 9.20 Å². The lowest BCUT2D eigenvalue weighted by atomic mass is 10.1. The third-order valence-corrected chi connectivity index (χ3v) is 5.24. The SMILES string of the molecule is COC(=O)c1cc(C(C)Nc2cc(F)cc(F)c2)c2nc(N3CCOCC3)cc(=O)n2c1. The van der Waals surface area contributed by atoms with Crippen molar-refractivity contribution in [3.05, 3.63) is 69.6 Å². The molecule has 1 N–H and O–H groups in total. The molecule has 0 bridgehead atoms. The quantitative estimate of drug-likeness (QED) is 0.606. The number of anilines is 2. The molecule has 1 aliphatic rings. The van der Waals surface area contributed by atoms with E-state index in [1.807, 2.05) is 4.90 Å². The number of esters is 1. The van der Waals surface area contributed by atoms with Crippen LogP contribution < -0.4 is 15.8 Å². The molecule has 168 valence electrons. The van der Waals surface area contributed by atoms with E-state index >= 15 is 0 Å². The van der Waals surface area contributed by atoms with Crippen molar-refractivity contribution in [1.29, 1.82) is 0 Å². The van der Waals surface area contributed by atoms with Gasteiger partial charge in [0.1, 0.15) is 23.1 Å². The first-order valence-corrected chi connectivity index (χ1v) is 10.1. The van der Waals surface area contributed by atoms with Crippen molar-refractivity contribution in [2.45, 2.75) is 13.0 Å². The normalized spacial score (nSPS) is 14.9. The van der Waals surface area contributed by atoms with E-state index < -0.39 is 23.6 Å². The number of nitrogens with zero attached hydrogens (tertiary/aromatic N) is 3. The Morgan fingerprint density at radius 1 is 1.16 bits per heavy atom. The van der Waals surface area contributed by atoms with Crippen LogP contribution in [0.2, 0.25) is 0 Å². The summed E-state index contributed by atoms with van der Waals surface area (Å²) in [5.41, 5.74) is 0.807. The van der Waals surface area contributed by atoms with Crippen molar-refractivity contribution in [3.63, 3.8) is 0 Å². The van der Waals surface area contributed by atoms with Crippen molar-refractivity contribution in [2.24, 2.45) is 0 Å². The summed E-state index contributed by atoms with van der Waals surface area (Å²) in [4.78, 5) is 31.8. The summed E-state index contributed by atoms with van der Waals surface area (Å²) in [6.45, 7) is 3.98. The standard InChI is InChI=1S/C22H22F2N4O4/c1-13(25-17-9-15(23)8-16(24)10-17)18-7-14(22(30)31-2)12-28-20(29)11-19(26-21(18)28)27-3-5-32-6-4-27/h7-13,25H,3-6H2,1-2H3. The van der Waals surface area contributed by atoms with Gasteiger partial charge in [0.25, 0.3) is 5.56 Å². The van der Waals surface area contributed by atoms with Gasteiger partial charge in [-0.05, 0) is 25.1 Å². The molecule has 1 aromatic carbocycles. The molecule has 3 aromatic rings. The van der Waals surface area contributed by atoms with Crippen LogP contribution in [0.1, 0.15) is 28.9 Å². The lowest BCUT2D eigenvalue weighted by molar-refractivity contribution is 0.0600. The molecular weight excluding hydrogens is 422 g/mol. The molecule has 1 aliphatic heterocycles. The minimum Gasteiger partial charge on any atom is -0.465 e. The van der Waals surface area contributed by atoms with E-state index in [-0.39, 0.29) is 16.8 Å². The van der Waals surface area contributed by atoms with Crippen molar-refractivity contribution >= 4 is 23.1 Å². The molecule has 0 radical (unpaired) electrons. The number of halogens is 2. The predicted octanol–water partition coefficient (Wildman–Crippen LogP) is 2.77. The highest BCUT2D eigenvalue weighted by Gasteiger charge is 2.20. The molecule has 0 amide bonds. The average Bonchev–Trinajstić information content (AvgIpc) is 2.77. The van der Waals surface area contributed by atoms with Crippen LogP contribution in [-0.2, 0) is 9.47 Å². The number of carbonyl (C=O) groups is 1. The highest BCUT2D eigenvalue weighted by molar-refractivity contribution is 5.90. The number of fused-ring (bicyclic) bond motifs is 1. The van der Waals surface area contributed by atoms with Crippen LogP contribution in [0.5, 0.6) is 0 Å². The molecule has 10 heteroatoms. The van der Waals surface area contributed by atoms with Crippen molar-refractivity contribution in [1.82, 2.24) is 9.38 Å². The molecule has 1 unspecified atom stereocenters. The number of morpholine rings is 1. The predicted molar refractivity (Wildman–Crippen MR) is 114 cm³/mol. The summed E-state index contributed by atoms with van der Waals surface area (Å²) in [7, 11) is 1.24. The number of methoxy groups -OCH3 is 1. The maximum absolute atomic E-state index is 13.6. The Kier molecular flexibility index (Phi) is 6.04. The molecule has 32 heavy (non-hydrogen) atoms. The third-order valence-electron chi connectivity index (χ3n) is 5.24. The fourth-order valence-corrected chi connectivity index (χ4v) is 3.68. The van der Waals surface area contributed by atoms with Gasteiger partial charge in [0.15, 0.2) is 0 Å². The largest absolute Gasteiger partial charge is 0.465 e. The first-order chi connectivity index (χ1) is 15.4. The van der Waals surface area contributed by atoms with Crippen LogP contribution in [0.25, 0.3) is 5.65 Å². The summed E-state index contributed by atoms with van der Waals surface area (Å²) >= 11 is 0. The highest BCUT2D eigenvalue weighted by atomic mass is 19.1. The number of carbonyl (C=O) groups excluding carboxylic acids is 1. The number of nitrogens with one attached hydrogen (secondary N) is 1. The van der Waals surface area contributed by atoms with Gasteiger partial charge in [-0.1, -0.05) is 0 Å². The van der Waals surface area contributed by atoms with E-state index in [4.69, 9.17) is 9.47 Å². The molecular formula is C22H22F2N4O4. The second kappa shape index (κ2) is 8.91. The Hall–Kier alpha value is -3.53. The molecule has 2 aromatic heterocycles.